The molecule has 0 saturated carbocycles. The Kier molecular flexibility index (Phi) is 8.55. The van der Waals surface area contributed by atoms with Crippen molar-refractivity contribution in [2.24, 2.45) is 0 Å². The molecule has 200 valence electrons. The summed E-state index contributed by atoms with van der Waals surface area (Å²) >= 11 is 2.85. The highest BCUT2D eigenvalue weighted by Crippen LogP contribution is 2.57. The van der Waals surface area contributed by atoms with Gasteiger partial charge in [0, 0.05) is 11.8 Å². The molecule has 1 aliphatic rings. The number of aliphatic hydroxyl groups excluding tert-OH is 2. The van der Waals surface area contributed by atoms with Gasteiger partial charge in [0.15, 0.2) is 6.23 Å². The number of hydrogen-bond acceptors (Lipinski definition) is 9. The van der Waals surface area contributed by atoms with Gasteiger partial charge in [-0.3, -0.25) is 18.5 Å². The van der Waals surface area contributed by atoms with Crippen molar-refractivity contribution < 1.29 is 56.4 Å². The van der Waals surface area contributed by atoms with Crippen LogP contribution in [0.25, 0.3) is 0 Å². The lowest BCUT2D eigenvalue weighted by atomic mass is 10.1. The SMILES string of the molecule is O=c1c(Br)cn([C@@H]2O[C@H](COP(=O)(O)OP(=O)(O)O)[C@@H](O)[C@H]2O)c(=O)n1CC(F)(F)c1ccccc1. The van der Waals surface area contributed by atoms with E-state index in [1.807, 2.05) is 0 Å². The van der Waals surface area contributed by atoms with Crippen LogP contribution in [0.3, 0.4) is 0 Å². The lowest BCUT2D eigenvalue weighted by Gasteiger charge is -2.22. The van der Waals surface area contributed by atoms with Gasteiger partial charge in [0.05, 0.1) is 17.6 Å². The van der Waals surface area contributed by atoms with E-state index in [-0.39, 0.29) is 9.04 Å². The third kappa shape index (κ3) is 6.62. The fraction of sp³-hybridized carbons (Fsp3) is 0.412. The number of ether oxygens (including phenoxy) is 1. The van der Waals surface area contributed by atoms with Gasteiger partial charge in [-0.25, -0.2) is 13.9 Å². The number of phosphoric ester groups is 1. The number of aromatic nitrogens is 2. The van der Waals surface area contributed by atoms with E-state index in [1.54, 1.807) is 0 Å². The highest BCUT2D eigenvalue weighted by molar-refractivity contribution is 9.10. The molecule has 0 radical (unpaired) electrons. The van der Waals surface area contributed by atoms with Gasteiger partial charge in [0.1, 0.15) is 18.3 Å². The number of halogens is 3. The minimum absolute atomic E-state index is 0.194. The zero-order valence-electron chi connectivity index (χ0n) is 17.7. The van der Waals surface area contributed by atoms with Crippen molar-refractivity contribution in [1.29, 1.82) is 0 Å². The number of nitrogens with zero attached hydrogens (tertiary/aromatic N) is 2. The third-order valence-electron chi connectivity index (χ3n) is 4.93. The quantitative estimate of drug-likeness (QED) is 0.241. The van der Waals surface area contributed by atoms with Gasteiger partial charge >= 0.3 is 21.3 Å². The van der Waals surface area contributed by atoms with Crippen LogP contribution in [0.5, 0.6) is 0 Å². The first-order valence-corrected chi connectivity index (χ1v) is 13.5. The molecule has 1 unspecified atom stereocenters. The number of hydrogen-bond donors (Lipinski definition) is 5. The Bertz CT molecular complexity index is 1320. The molecule has 0 amide bonds. The van der Waals surface area contributed by atoms with E-state index in [1.165, 1.54) is 18.2 Å². The van der Waals surface area contributed by atoms with E-state index >= 15 is 0 Å². The zero-order valence-corrected chi connectivity index (χ0v) is 21.1. The van der Waals surface area contributed by atoms with Crippen LogP contribution in [0.1, 0.15) is 11.8 Å². The number of phosphoric acid groups is 2. The van der Waals surface area contributed by atoms with Gasteiger partial charge in [-0.15, -0.1) is 0 Å². The Balaban J connectivity index is 1.88. The first-order valence-electron chi connectivity index (χ1n) is 9.73. The Hall–Kier alpha value is -1.62. The molecule has 1 aliphatic heterocycles. The van der Waals surface area contributed by atoms with Crippen molar-refractivity contribution in [3.8, 4) is 0 Å². The molecule has 1 aromatic heterocycles. The summed E-state index contributed by atoms with van der Waals surface area (Å²) in [7, 11) is -10.8. The van der Waals surface area contributed by atoms with E-state index < -0.39 is 76.1 Å². The van der Waals surface area contributed by atoms with Crippen LogP contribution in [-0.2, 0) is 35.2 Å². The maximum absolute atomic E-state index is 14.8. The molecule has 36 heavy (non-hydrogen) atoms. The molecular formula is C17H19BrF2N2O12P2. The van der Waals surface area contributed by atoms with Crippen molar-refractivity contribution >= 4 is 31.6 Å². The minimum atomic E-state index is -5.43. The smallest absolute Gasteiger partial charge is 0.387 e. The Morgan fingerprint density at radius 1 is 1.08 bits per heavy atom. The van der Waals surface area contributed by atoms with E-state index in [4.69, 9.17) is 14.5 Å². The maximum Gasteiger partial charge on any atom is 0.481 e. The largest absolute Gasteiger partial charge is 0.481 e. The number of rotatable bonds is 9. The van der Waals surface area contributed by atoms with Gasteiger partial charge in [-0.05, 0) is 15.9 Å². The Morgan fingerprint density at radius 3 is 2.28 bits per heavy atom. The van der Waals surface area contributed by atoms with E-state index in [0.717, 1.165) is 18.3 Å². The average molecular weight is 623 g/mol. The summed E-state index contributed by atoms with van der Waals surface area (Å²) in [6, 6.07) is 6.38. The molecule has 3 rings (SSSR count). The molecule has 19 heteroatoms. The first-order chi connectivity index (χ1) is 16.5. The minimum Gasteiger partial charge on any atom is -0.387 e. The van der Waals surface area contributed by atoms with Crippen LogP contribution in [0.2, 0.25) is 0 Å². The van der Waals surface area contributed by atoms with Gasteiger partial charge in [0.25, 0.3) is 11.5 Å². The molecule has 0 aliphatic carbocycles. The highest BCUT2D eigenvalue weighted by atomic mass is 79.9. The molecule has 0 bridgehead atoms. The summed E-state index contributed by atoms with van der Waals surface area (Å²) in [6.45, 7) is -2.43. The van der Waals surface area contributed by atoms with E-state index in [2.05, 4.69) is 24.8 Å². The molecule has 5 N–H and O–H groups in total. The van der Waals surface area contributed by atoms with Crippen LogP contribution in [0.15, 0.2) is 50.6 Å². The summed E-state index contributed by atoms with van der Waals surface area (Å²) in [4.78, 5) is 52.0. The second-order valence-corrected chi connectivity index (χ2v) is 11.2. The van der Waals surface area contributed by atoms with Crippen molar-refractivity contribution in [2.45, 2.75) is 37.0 Å². The monoisotopic (exact) mass is 622 g/mol. The molecule has 1 fully saturated rings. The molecule has 2 aromatic rings. The fourth-order valence-electron chi connectivity index (χ4n) is 3.30. The lowest BCUT2D eigenvalue weighted by molar-refractivity contribution is -0.0570. The van der Waals surface area contributed by atoms with Crippen molar-refractivity contribution in [3.63, 3.8) is 0 Å². The summed E-state index contributed by atoms with van der Waals surface area (Å²) < 4.78 is 65.5. The summed E-state index contributed by atoms with van der Waals surface area (Å²) in [5, 5.41) is 20.6. The second-order valence-electron chi connectivity index (χ2n) is 7.51. The summed E-state index contributed by atoms with van der Waals surface area (Å²) in [5.74, 6) is -3.66. The molecular weight excluding hydrogens is 604 g/mol. The average Bonchev–Trinajstić information content (AvgIpc) is 3.05. The predicted molar refractivity (Wildman–Crippen MR) is 118 cm³/mol. The zero-order chi connectivity index (χ0) is 27.1. The normalized spacial score (nSPS) is 24.6. The molecule has 1 saturated heterocycles. The molecule has 5 atom stereocenters. The predicted octanol–water partition coefficient (Wildman–Crippen LogP) is 0.410. The number of benzene rings is 1. The van der Waals surface area contributed by atoms with Crippen LogP contribution < -0.4 is 11.2 Å². The van der Waals surface area contributed by atoms with Crippen LogP contribution in [0.4, 0.5) is 8.78 Å². The molecule has 1 aromatic carbocycles. The molecule has 14 nitrogen and oxygen atoms in total. The highest BCUT2D eigenvalue weighted by Gasteiger charge is 2.46. The summed E-state index contributed by atoms with van der Waals surface area (Å²) in [5.41, 5.74) is -2.93. The van der Waals surface area contributed by atoms with Crippen LogP contribution in [0, 0.1) is 0 Å². The van der Waals surface area contributed by atoms with Gasteiger partial charge in [-0.2, -0.15) is 13.1 Å². The van der Waals surface area contributed by atoms with Gasteiger partial charge < -0.3 is 29.6 Å². The van der Waals surface area contributed by atoms with Gasteiger partial charge in [-0.1, -0.05) is 30.3 Å². The van der Waals surface area contributed by atoms with E-state index in [0.29, 0.717) is 4.57 Å². The second kappa shape index (κ2) is 10.6. The number of aliphatic hydroxyl groups is 2. The number of alkyl halides is 2. The van der Waals surface area contributed by atoms with Gasteiger partial charge in [0.2, 0.25) is 0 Å². The Labute approximate surface area is 208 Å². The molecule has 2 heterocycles. The van der Waals surface area contributed by atoms with E-state index in [9.17, 15) is 42.6 Å². The van der Waals surface area contributed by atoms with Crippen LogP contribution in [-0.4, -0.2) is 58.9 Å². The standard InChI is InChI=1S/C17H19BrF2N2O12P2/c18-10-6-21(16(26)22(14(10)25)8-17(19,20)9-4-2-1-3-5-9)15-13(24)12(23)11(33-15)7-32-36(30,31)34-35(27,28)29/h1-6,11-13,15,23-24H,7-8H2,(H,30,31)(H2,27,28,29)/t11-,12-,13-,15-/m1/s1. The van der Waals surface area contributed by atoms with Crippen molar-refractivity contribution in [1.82, 2.24) is 9.13 Å². The summed E-state index contributed by atoms with van der Waals surface area (Å²) in [6.07, 6.45) is -6.41. The van der Waals surface area contributed by atoms with Crippen molar-refractivity contribution in [3.05, 3.63) is 67.4 Å². The topological polar surface area (TPSA) is 207 Å². The fourth-order valence-corrected chi connectivity index (χ4v) is 5.34. The first kappa shape index (κ1) is 28.9. The lowest BCUT2D eigenvalue weighted by Crippen LogP contribution is -2.46. The molecule has 0 spiro atoms. The third-order valence-corrected chi connectivity index (χ3v) is 7.63. The Morgan fingerprint density at radius 2 is 1.69 bits per heavy atom. The maximum atomic E-state index is 14.8. The van der Waals surface area contributed by atoms with Crippen molar-refractivity contribution in [2.75, 3.05) is 6.61 Å². The van der Waals surface area contributed by atoms with Crippen LogP contribution >= 0.6 is 31.6 Å².